The van der Waals surface area contributed by atoms with Crippen molar-refractivity contribution in [1.82, 2.24) is 4.90 Å². The first-order chi connectivity index (χ1) is 10.5. The van der Waals surface area contributed by atoms with E-state index in [1.165, 1.54) is 4.90 Å². The Labute approximate surface area is 129 Å². The van der Waals surface area contributed by atoms with Crippen LogP contribution in [0, 0.1) is 5.92 Å². The molecule has 0 bridgehead atoms. The van der Waals surface area contributed by atoms with Crippen molar-refractivity contribution < 1.29 is 19.5 Å². The van der Waals surface area contributed by atoms with E-state index in [0.717, 1.165) is 0 Å². The first-order valence-corrected chi connectivity index (χ1v) is 7.41. The number of carbonyl (C=O) groups excluding carboxylic acids is 2. The maximum Gasteiger partial charge on any atom is 0.308 e. The second-order valence-electron chi connectivity index (χ2n) is 5.24. The summed E-state index contributed by atoms with van der Waals surface area (Å²) >= 11 is 0. The van der Waals surface area contributed by atoms with Gasteiger partial charge < -0.3 is 14.9 Å². The van der Waals surface area contributed by atoms with Crippen molar-refractivity contribution in [2.45, 2.75) is 20.3 Å². The van der Waals surface area contributed by atoms with E-state index in [9.17, 15) is 14.4 Å². The van der Waals surface area contributed by atoms with Crippen molar-refractivity contribution >= 4 is 23.5 Å². The van der Waals surface area contributed by atoms with E-state index in [4.69, 9.17) is 5.11 Å². The van der Waals surface area contributed by atoms with Crippen LogP contribution in [0.5, 0.6) is 0 Å². The number of para-hydroxylation sites is 1. The van der Waals surface area contributed by atoms with Crippen LogP contribution in [0.3, 0.4) is 0 Å². The third-order valence-corrected chi connectivity index (χ3v) is 3.95. The highest BCUT2D eigenvalue weighted by Gasteiger charge is 2.36. The first-order valence-electron chi connectivity index (χ1n) is 7.41. The fourth-order valence-electron chi connectivity index (χ4n) is 2.68. The fourth-order valence-corrected chi connectivity index (χ4v) is 2.68. The van der Waals surface area contributed by atoms with Crippen LogP contribution >= 0.6 is 0 Å². The summed E-state index contributed by atoms with van der Waals surface area (Å²) in [5.41, 5.74) is 0.929. The monoisotopic (exact) mass is 304 g/mol. The van der Waals surface area contributed by atoms with E-state index in [1.54, 1.807) is 29.2 Å². The maximum absolute atomic E-state index is 12.6. The molecular weight excluding hydrogens is 284 g/mol. The predicted molar refractivity (Wildman–Crippen MR) is 81.8 cm³/mol. The van der Waals surface area contributed by atoms with E-state index < -0.39 is 11.9 Å². The van der Waals surface area contributed by atoms with Crippen molar-refractivity contribution in [3.63, 3.8) is 0 Å². The standard InChI is InChI=1S/C16H20N2O4/c1-3-17(4-2)15(20)12-7-5-6-8-13(12)18-10-11(16(21)22)9-14(18)19/h5-8,11H,3-4,9-10H2,1-2H3,(H,21,22). The number of anilines is 1. The zero-order valence-corrected chi connectivity index (χ0v) is 12.8. The number of benzene rings is 1. The molecule has 1 N–H and O–H groups in total. The lowest BCUT2D eigenvalue weighted by Gasteiger charge is -2.24. The normalized spacial score (nSPS) is 17.6. The molecule has 2 rings (SSSR count). The van der Waals surface area contributed by atoms with Crippen LogP contribution in [0.1, 0.15) is 30.6 Å². The van der Waals surface area contributed by atoms with Gasteiger partial charge in [0.1, 0.15) is 0 Å². The summed E-state index contributed by atoms with van der Waals surface area (Å²) in [5, 5.41) is 9.08. The van der Waals surface area contributed by atoms with Gasteiger partial charge in [0.2, 0.25) is 5.91 Å². The topological polar surface area (TPSA) is 77.9 Å². The highest BCUT2D eigenvalue weighted by atomic mass is 16.4. The molecule has 118 valence electrons. The molecule has 2 amide bonds. The summed E-state index contributed by atoms with van der Waals surface area (Å²) in [6.45, 7) is 5.05. The molecule has 0 spiro atoms. The molecule has 1 aliphatic heterocycles. The number of aliphatic carboxylic acids is 1. The highest BCUT2D eigenvalue weighted by molar-refractivity contribution is 6.06. The number of carboxylic acid groups (broad SMARTS) is 1. The zero-order valence-electron chi connectivity index (χ0n) is 12.8. The average Bonchev–Trinajstić information content (AvgIpc) is 2.90. The van der Waals surface area contributed by atoms with E-state index in [2.05, 4.69) is 0 Å². The van der Waals surface area contributed by atoms with Gasteiger partial charge in [0.05, 0.1) is 17.2 Å². The summed E-state index contributed by atoms with van der Waals surface area (Å²) in [7, 11) is 0. The molecule has 22 heavy (non-hydrogen) atoms. The Kier molecular flexibility index (Phi) is 4.80. The Morgan fingerprint density at radius 3 is 2.45 bits per heavy atom. The van der Waals surface area contributed by atoms with Crippen molar-refractivity contribution in [2.24, 2.45) is 5.92 Å². The molecule has 0 radical (unpaired) electrons. The molecule has 1 saturated heterocycles. The van der Waals surface area contributed by atoms with Gasteiger partial charge in [0.15, 0.2) is 0 Å². The van der Waals surface area contributed by atoms with Crippen molar-refractivity contribution in [3.8, 4) is 0 Å². The molecule has 1 aliphatic rings. The lowest BCUT2D eigenvalue weighted by atomic mass is 10.1. The second-order valence-corrected chi connectivity index (χ2v) is 5.24. The molecule has 1 atom stereocenters. The minimum atomic E-state index is -0.983. The minimum Gasteiger partial charge on any atom is -0.481 e. The maximum atomic E-state index is 12.6. The van der Waals surface area contributed by atoms with Gasteiger partial charge in [-0.3, -0.25) is 14.4 Å². The number of carboxylic acids is 1. The van der Waals surface area contributed by atoms with Crippen molar-refractivity contribution in [3.05, 3.63) is 29.8 Å². The summed E-state index contributed by atoms with van der Waals surface area (Å²) < 4.78 is 0. The van der Waals surface area contributed by atoms with E-state index in [1.807, 2.05) is 13.8 Å². The Bertz CT molecular complexity index is 596. The Balaban J connectivity index is 2.35. The largest absolute Gasteiger partial charge is 0.481 e. The minimum absolute atomic E-state index is 0.0247. The van der Waals surface area contributed by atoms with Crippen LogP contribution in [-0.4, -0.2) is 47.4 Å². The molecule has 6 heteroatoms. The van der Waals surface area contributed by atoms with Crippen LogP contribution in [-0.2, 0) is 9.59 Å². The third-order valence-electron chi connectivity index (χ3n) is 3.95. The van der Waals surface area contributed by atoms with E-state index in [-0.39, 0.29) is 24.8 Å². The number of amides is 2. The van der Waals surface area contributed by atoms with Crippen molar-refractivity contribution in [2.75, 3.05) is 24.5 Å². The van der Waals surface area contributed by atoms with Gasteiger partial charge in [-0.25, -0.2) is 0 Å². The fraction of sp³-hybridized carbons (Fsp3) is 0.438. The number of hydrogen-bond donors (Lipinski definition) is 1. The lowest BCUT2D eigenvalue weighted by Crippen LogP contribution is -2.33. The van der Waals surface area contributed by atoms with Gasteiger partial charge in [-0.15, -0.1) is 0 Å². The van der Waals surface area contributed by atoms with Gasteiger partial charge in [-0.05, 0) is 26.0 Å². The zero-order chi connectivity index (χ0) is 16.3. The summed E-state index contributed by atoms with van der Waals surface area (Å²) in [4.78, 5) is 38.9. The lowest BCUT2D eigenvalue weighted by molar-refractivity contribution is -0.141. The first kappa shape index (κ1) is 16.0. The quantitative estimate of drug-likeness (QED) is 0.896. The number of rotatable bonds is 5. The van der Waals surface area contributed by atoms with Gasteiger partial charge in [0.25, 0.3) is 5.91 Å². The van der Waals surface area contributed by atoms with E-state index >= 15 is 0 Å². The van der Waals surface area contributed by atoms with Crippen LogP contribution in [0.15, 0.2) is 24.3 Å². The molecule has 0 saturated carbocycles. The molecule has 6 nitrogen and oxygen atoms in total. The van der Waals surface area contributed by atoms with E-state index in [0.29, 0.717) is 24.3 Å². The van der Waals surface area contributed by atoms with Crippen LogP contribution in [0.25, 0.3) is 0 Å². The molecule has 0 aliphatic carbocycles. The number of hydrogen-bond acceptors (Lipinski definition) is 3. The summed E-state index contributed by atoms with van der Waals surface area (Å²) in [5.74, 6) is -2.10. The third kappa shape index (κ3) is 2.95. The van der Waals surface area contributed by atoms with Crippen LogP contribution in [0.2, 0.25) is 0 Å². The van der Waals surface area contributed by atoms with Gasteiger partial charge in [-0.1, -0.05) is 12.1 Å². The van der Waals surface area contributed by atoms with Crippen LogP contribution in [0.4, 0.5) is 5.69 Å². The Morgan fingerprint density at radius 1 is 1.27 bits per heavy atom. The molecule has 1 aromatic rings. The predicted octanol–water partition coefficient (Wildman–Crippen LogP) is 1.61. The molecule has 1 unspecified atom stereocenters. The number of carbonyl (C=O) groups is 3. The van der Waals surface area contributed by atoms with Crippen LogP contribution < -0.4 is 4.90 Å². The molecule has 1 heterocycles. The molecular formula is C16H20N2O4. The number of nitrogens with zero attached hydrogens (tertiary/aromatic N) is 2. The summed E-state index contributed by atoms with van der Waals surface area (Å²) in [6, 6.07) is 6.86. The highest BCUT2D eigenvalue weighted by Crippen LogP contribution is 2.29. The molecule has 0 aromatic heterocycles. The molecule has 1 aromatic carbocycles. The van der Waals surface area contributed by atoms with Gasteiger partial charge >= 0.3 is 5.97 Å². The van der Waals surface area contributed by atoms with Gasteiger partial charge in [0, 0.05) is 26.1 Å². The Hall–Kier alpha value is -2.37. The average molecular weight is 304 g/mol. The van der Waals surface area contributed by atoms with Gasteiger partial charge in [-0.2, -0.15) is 0 Å². The Morgan fingerprint density at radius 2 is 1.91 bits per heavy atom. The molecule has 1 fully saturated rings. The SMILES string of the molecule is CCN(CC)C(=O)c1ccccc1N1CC(C(=O)O)CC1=O. The second kappa shape index (κ2) is 6.60. The van der Waals surface area contributed by atoms with Crippen molar-refractivity contribution in [1.29, 1.82) is 0 Å². The smallest absolute Gasteiger partial charge is 0.308 e. The summed E-state index contributed by atoms with van der Waals surface area (Å²) in [6.07, 6.45) is -0.0247.